The van der Waals surface area contributed by atoms with E-state index in [-0.39, 0.29) is 10.9 Å². The van der Waals surface area contributed by atoms with E-state index in [1.54, 1.807) is 24.3 Å². The van der Waals surface area contributed by atoms with Crippen molar-refractivity contribution < 1.29 is 13.5 Å². The Bertz CT molecular complexity index is 817. The molecule has 2 aromatic rings. The second kappa shape index (κ2) is 8.10. The van der Waals surface area contributed by atoms with Crippen LogP contribution in [0.2, 0.25) is 0 Å². The number of aryl methyl sites for hydroxylation is 2. The fourth-order valence-electron chi connectivity index (χ4n) is 2.55. The van der Waals surface area contributed by atoms with Gasteiger partial charge in [0, 0.05) is 12.6 Å². The zero-order valence-corrected chi connectivity index (χ0v) is 15.9. The summed E-state index contributed by atoms with van der Waals surface area (Å²) >= 11 is 0. The molecule has 0 aromatic heterocycles. The number of hydrogen-bond acceptors (Lipinski definition) is 4. The smallest absolute Gasteiger partial charge is 0.240 e. The van der Waals surface area contributed by atoms with Crippen molar-refractivity contribution in [1.29, 1.82) is 0 Å². The van der Waals surface area contributed by atoms with Crippen molar-refractivity contribution >= 4 is 10.0 Å². The first kappa shape index (κ1) is 19.6. The summed E-state index contributed by atoms with van der Waals surface area (Å²) in [6.45, 7) is 6.47. The highest BCUT2D eigenvalue weighted by molar-refractivity contribution is 7.89. The van der Waals surface area contributed by atoms with Crippen LogP contribution in [0.3, 0.4) is 0 Å². The highest BCUT2D eigenvalue weighted by atomic mass is 32.2. The van der Waals surface area contributed by atoms with Gasteiger partial charge in [-0.05, 0) is 62.2 Å². The molecule has 0 aliphatic rings. The topological polar surface area (TPSA) is 78.4 Å². The van der Waals surface area contributed by atoms with Gasteiger partial charge in [0.25, 0.3) is 0 Å². The summed E-state index contributed by atoms with van der Waals surface area (Å²) < 4.78 is 25.8. The van der Waals surface area contributed by atoms with Crippen LogP contribution in [-0.2, 0) is 10.0 Å². The van der Waals surface area contributed by atoms with Crippen molar-refractivity contribution in [3.63, 3.8) is 0 Å². The largest absolute Gasteiger partial charge is 0.387 e. The average Bonchev–Trinajstić information content (AvgIpc) is 2.61. The van der Waals surface area contributed by atoms with E-state index >= 15 is 0 Å². The number of nitrogens with one attached hydrogen (secondary N) is 2. The van der Waals surface area contributed by atoms with Crippen LogP contribution < -0.4 is 10.0 Å². The first-order chi connectivity index (χ1) is 11.7. The summed E-state index contributed by atoms with van der Waals surface area (Å²) in [7, 11) is -2.03. The highest BCUT2D eigenvalue weighted by Crippen LogP contribution is 2.19. The fraction of sp³-hybridized carbons (Fsp3) is 0.368. The molecule has 2 unspecified atom stereocenters. The van der Waals surface area contributed by atoms with Gasteiger partial charge in [-0.1, -0.05) is 30.3 Å². The third-order valence-corrected chi connectivity index (χ3v) is 5.92. The minimum atomic E-state index is -3.42. The summed E-state index contributed by atoms with van der Waals surface area (Å²) in [4.78, 5) is 0.237. The molecule has 0 heterocycles. The normalized spacial score (nSPS) is 14.3. The first-order valence-corrected chi connectivity index (χ1v) is 9.75. The minimum Gasteiger partial charge on any atom is -0.387 e. The van der Waals surface area contributed by atoms with Gasteiger partial charge in [-0.3, -0.25) is 0 Å². The Hall–Kier alpha value is -1.73. The van der Waals surface area contributed by atoms with E-state index in [9.17, 15) is 13.5 Å². The van der Waals surface area contributed by atoms with Crippen LogP contribution in [0, 0.1) is 13.8 Å². The molecule has 0 saturated carbocycles. The van der Waals surface area contributed by atoms with Crippen LogP contribution in [0.5, 0.6) is 0 Å². The van der Waals surface area contributed by atoms with Crippen molar-refractivity contribution in [1.82, 2.24) is 10.0 Å². The maximum Gasteiger partial charge on any atom is 0.240 e. The fourth-order valence-corrected chi connectivity index (χ4v) is 3.28. The van der Waals surface area contributed by atoms with Gasteiger partial charge < -0.3 is 10.4 Å². The number of benzene rings is 2. The number of aliphatic hydroxyl groups is 1. The second-order valence-electron chi connectivity index (χ2n) is 6.27. The van der Waals surface area contributed by atoms with Gasteiger partial charge in [0.1, 0.15) is 0 Å². The Morgan fingerprint density at radius 3 is 2.16 bits per heavy atom. The molecule has 2 aromatic carbocycles. The van der Waals surface area contributed by atoms with Gasteiger partial charge in [-0.2, -0.15) is 0 Å². The van der Waals surface area contributed by atoms with E-state index in [1.165, 1.54) is 12.6 Å². The maximum atomic E-state index is 11.7. The standard InChI is InChI=1S/C19H26N2O3S/c1-13-5-6-17(11-14(13)2)19(22)12-21-15(3)16-7-9-18(10-8-16)25(23,24)20-4/h5-11,15,19-22H,12H2,1-4H3. The van der Waals surface area contributed by atoms with E-state index in [0.717, 1.165) is 16.7 Å². The third-order valence-electron chi connectivity index (χ3n) is 4.49. The average molecular weight is 362 g/mol. The summed E-state index contributed by atoms with van der Waals surface area (Å²) in [6.07, 6.45) is -0.592. The van der Waals surface area contributed by atoms with E-state index in [0.29, 0.717) is 6.54 Å². The summed E-state index contributed by atoms with van der Waals surface area (Å²) in [5.41, 5.74) is 4.21. The van der Waals surface area contributed by atoms with Gasteiger partial charge in [0.15, 0.2) is 0 Å². The molecular formula is C19H26N2O3S. The molecule has 136 valence electrons. The number of aliphatic hydroxyl groups excluding tert-OH is 1. The molecule has 0 amide bonds. The van der Waals surface area contributed by atoms with Crippen LogP contribution in [0.25, 0.3) is 0 Å². The predicted molar refractivity (Wildman–Crippen MR) is 100.0 cm³/mol. The molecule has 0 aliphatic carbocycles. The van der Waals surface area contributed by atoms with Crippen LogP contribution >= 0.6 is 0 Å². The molecular weight excluding hydrogens is 336 g/mol. The molecule has 3 N–H and O–H groups in total. The SMILES string of the molecule is CNS(=O)(=O)c1ccc(C(C)NCC(O)c2ccc(C)c(C)c2)cc1. The Balaban J connectivity index is 1.99. The van der Waals surface area contributed by atoms with Crippen LogP contribution in [0.15, 0.2) is 47.4 Å². The van der Waals surface area contributed by atoms with Crippen LogP contribution in [0.4, 0.5) is 0 Å². The lowest BCUT2D eigenvalue weighted by Crippen LogP contribution is -2.25. The monoisotopic (exact) mass is 362 g/mol. The minimum absolute atomic E-state index is 0.00691. The Labute approximate surface area is 150 Å². The van der Waals surface area contributed by atoms with E-state index in [4.69, 9.17) is 0 Å². The Morgan fingerprint density at radius 2 is 1.60 bits per heavy atom. The van der Waals surface area contributed by atoms with E-state index in [1.807, 2.05) is 39.0 Å². The predicted octanol–water partition coefficient (Wildman–Crippen LogP) is 2.60. The quantitative estimate of drug-likeness (QED) is 0.707. The van der Waals surface area contributed by atoms with E-state index < -0.39 is 16.1 Å². The lowest BCUT2D eigenvalue weighted by Gasteiger charge is -2.18. The van der Waals surface area contributed by atoms with Gasteiger partial charge >= 0.3 is 0 Å². The molecule has 0 radical (unpaired) electrons. The molecule has 0 aliphatic heterocycles. The Morgan fingerprint density at radius 1 is 1.00 bits per heavy atom. The molecule has 0 bridgehead atoms. The van der Waals surface area contributed by atoms with Crippen molar-refractivity contribution in [3.8, 4) is 0 Å². The maximum absolute atomic E-state index is 11.7. The van der Waals surface area contributed by atoms with Crippen molar-refractivity contribution in [2.75, 3.05) is 13.6 Å². The molecule has 25 heavy (non-hydrogen) atoms. The van der Waals surface area contributed by atoms with Crippen molar-refractivity contribution in [2.45, 2.75) is 37.8 Å². The van der Waals surface area contributed by atoms with Crippen molar-refractivity contribution in [2.24, 2.45) is 0 Å². The third kappa shape index (κ3) is 4.89. The molecule has 0 spiro atoms. The van der Waals surface area contributed by atoms with E-state index in [2.05, 4.69) is 10.0 Å². The Kier molecular flexibility index (Phi) is 6.35. The number of sulfonamides is 1. The highest BCUT2D eigenvalue weighted by Gasteiger charge is 2.14. The molecule has 6 heteroatoms. The van der Waals surface area contributed by atoms with Gasteiger partial charge in [0.2, 0.25) is 10.0 Å². The lowest BCUT2D eigenvalue weighted by molar-refractivity contribution is 0.170. The summed E-state index contributed by atoms with van der Waals surface area (Å²) in [5, 5.41) is 13.7. The van der Waals surface area contributed by atoms with Gasteiger partial charge in [-0.15, -0.1) is 0 Å². The number of rotatable bonds is 7. The molecule has 2 rings (SSSR count). The first-order valence-electron chi connectivity index (χ1n) is 8.26. The second-order valence-corrected chi connectivity index (χ2v) is 8.15. The molecule has 5 nitrogen and oxygen atoms in total. The van der Waals surface area contributed by atoms with Crippen LogP contribution in [-0.4, -0.2) is 27.1 Å². The van der Waals surface area contributed by atoms with Gasteiger partial charge in [-0.25, -0.2) is 13.1 Å². The van der Waals surface area contributed by atoms with Crippen LogP contribution in [0.1, 0.15) is 41.3 Å². The van der Waals surface area contributed by atoms with Crippen molar-refractivity contribution in [3.05, 3.63) is 64.7 Å². The zero-order valence-electron chi connectivity index (χ0n) is 15.1. The zero-order chi connectivity index (χ0) is 18.6. The molecule has 0 saturated heterocycles. The summed E-state index contributed by atoms with van der Waals surface area (Å²) in [5.74, 6) is 0. The van der Waals surface area contributed by atoms with Gasteiger partial charge in [0.05, 0.1) is 11.0 Å². The molecule has 0 fully saturated rings. The lowest BCUT2D eigenvalue weighted by atomic mass is 10.0. The summed E-state index contributed by atoms with van der Waals surface area (Å²) in [6, 6.07) is 12.7. The number of hydrogen-bond donors (Lipinski definition) is 3. The molecule has 2 atom stereocenters.